The first-order chi connectivity index (χ1) is 41.8. The van der Waals surface area contributed by atoms with Gasteiger partial charge in [0.15, 0.2) is 6.10 Å². The molecule has 2 atom stereocenters. The molecule has 0 fully saturated rings. The Labute approximate surface area is 521 Å². The van der Waals surface area contributed by atoms with E-state index in [9.17, 15) is 19.0 Å². The van der Waals surface area contributed by atoms with Crippen molar-refractivity contribution in [3.05, 3.63) is 170 Å². The Balaban J connectivity index is 4.00. The number of nitrogens with two attached hydrogens (primary N) is 1. The highest BCUT2D eigenvalue weighted by Gasteiger charge is 2.26. The second-order valence-electron chi connectivity index (χ2n) is 21.6. The molecule has 0 aliphatic carbocycles. The van der Waals surface area contributed by atoms with E-state index < -0.39 is 32.5 Å². The van der Waals surface area contributed by atoms with E-state index in [0.29, 0.717) is 6.42 Å². The molecule has 9 nitrogen and oxygen atoms in total. The summed E-state index contributed by atoms with van der Waals surface area (Å²) < 4.78 is 33.1. The average molecular weight is 1200 g/mol. The fourth-order valence-electron chi connectivity index (χ4n) is 8.71. The number of carbonyl (C=O) groups excluding carboxylic acids is 2. The Bertz CT molecular complexity index is 2000. The van der Waals surface area contributed by atoms with Crippen molar-refractivity contribution >= 4 is 19.8 Å². The maximum absolute atomic E-state index is 12.8. The number of hydrogen-bond donors (Lipinski definition) is 2. The fraction of sp³-hybridized carbons (Fsp3) is 0.600. The van der Waals surface area contributed by atoms with Gasteiger partial charge in [-0.1, -0.05) is 287 Å². The number of allylic oxidation sites excluding steroid dienone is 28. The van der Waals surface area contributed by atoms with Crippen LogP contribution in [-0.2, 0) is 32.7 Å². The molecule has 480 valence electrons. The molecule has 0 radical (unpaired) electrons. The van der Waals surface area contributed by atoms with Crippen LogP contribution in [0.5, 0.6) is 0 Å². The molecule has 0 spiro atoms. The number of phosphoric ester groups is 1. The lowest BCUT2D eigenvalue weighted by Gasteiger charge is -2.19. The van der Waals surface area contributed by atoms with Crippen LogP contribution in [0.2, 0.25) is 0 Å². The van der Waals surface area contributed by atoms with E-state index in [2.05, 4.69) is 184 Å². The summed E-state index contributed by atoms with van der Waals surface area (Å²) in [6.45, 7) is 3.49. The molecule has 0 bridgehead atoms. The molecular weight excluding hydrogens is 1070 g/mol. The van der Waals surface area contributed by atoms with E-state index in [1.54, 1.807) is 0 Å². The molecule has 0 aliphatic rings. The first-order valence-corrected chi connectivity index (χ1v) is 35.1. The molecule has 0 aromatic rings. The number of phosphoric acid groups is 1. The lowest BCUT2D eigenvalue weighted by Crippen LogP contribution is -2.29. The smallest absolute Gasteiger partial charge is 0.462 e. The third-order valence-electron chi connectivity index (χ3n) is 13.6. The molecule has 0 heterocycles. The van der Waals surface area contributed by atoms with E-state index in [1.807, 2.05) is 0 Å². The lowest BCUT2D eigenvalue weighted by molar-refractivity contribution is -0.161. The molecule has 10 heteroatoms. The first kappa shape index (κ1) is 80.4. The average Bonchev–Trinajstić information content (AvgIpc) is 3.52. The predicted octanol–water partition coefficient (Wildman–Crippen LogP) is 22.2. The molecule has 3 N–H and O–H groups in total. The van der Waals surface area contributed by atoms with E-state index in [-0.39, 0.29) is 32.6 Å². The second-order valence-corrected chi connectivity index (χ2v) is 23.0. The van der Waals surface area contributed by atoms with Crippen LogP contribution < -0.4 is 5.73 Å². The van der Waals surface area contributed by atoms with Crippen molar-refractivity contribution < 1.29 is 37.6 Å². The van der Waals surface area contributed by atoms with Gasteiger partial charge in [0.1, 0.15) is 6.61 Å². The zero-order valence-electron chi connectivity index (χ0n) is 53.8. The fourth-order valence-corrected chi connectivity index (χ4v) is 9.48. The van der Waals surface area contributed by atoms with Gasteiger partial charge in [0.2, 0.25) is 0 Å². The van der Waals surface area contributed by atoms with Gasteiger partial charge in [-0.15, -0.1) is 0 Å². The quantitative estimate of drug-likeness (QED) is 0.0264. The lowest BCUT2D eigenvalue weighted by atomic mass is 10.0. The SMILES string of the molecule is CC/C=C\C/C=C\C/C=C\C/C=C\C/C=C\C/C=C\C/C=C\C/C=C\CCCCCCCCC(=O)OC(COC(=O)CCCCCCCCCCCCCCCC/C=C\C/C=C\C/C=C\C/C=C\C/C=C\C/C=C\CC)COP(=O)(O)OCCN. The minimum Gasteiger partial charge on any atom is -0.462 e. The van der Waals surface area contributed by atoms with Crippen LogP contribution in [0.1, 0.15) is 258 Å². The van der Waals surface area contributed by atoms with Gasteiger partial charge in [0, 0.05) is 19.4 Å². The van der Waals surface area contributed by atoms with Gasteiger partial charge in [-0.05, 0) is 128 Å². The van der Waals surface area contributed by atoms with Crippen LogP contribution in [0.3, 0.4) is 0 Å². The third-order valence-corrected chi connectivity index (χ3v) is 14.6. The Morgan fingerprint density at radius 3 is 0.906 bits per heavy atom. The molecular formula is C75H122NO8P. The highest BCUT2D eigenvalue weighted by Crippen LogP contribution is 2.43. The van der Waals surface area contributed by atoms with Crippen molar-refractivity contribution in [2.75, 3.05) is 26.4 Å². The van der Waals surface area contributed by atoms with E-state index in [1.165, 1.54) is 77.0 Å². The Hall–Kier alpha value is -4.63. The summed E-state index contributed by atoms with van der Waals surface area (Å²) in [5.74, 6) is -0.853. The van der Waals surface area contributed by atoms with Crippen molar-refractivity contribution in [1.82, 2.24) is 0 Å². The summed E-state index contributed by atoms with van der Waals surface area (Å²) in [6.07, 6.45) is 101. The number of carbonyl (C=O) groups is 2. The van der Waals surface area contributed by atoms with Crippen molar-refractivity contribution in [1.29, 1.82) is 0 Å². The monoisotopic (exact) mass is 1200 g/mol. The standard InChI is InChI=1S/C75H122NO8P/c1-3-5-7-9-11-13-15-17-19-21-23-25-27-29-31-33-35-36-38-39-41-43-45-47-49-51-53-55-57-59-61-63-65-67-74(77)81-71-73(72-83-85(79,80)82-70-69-76)84-75(78)68-66-64-62-60-58-56-54-52-50-48-46-44-42-40-37-34-32-30-28-26-24-22-20-18-16-14-12-10-8-6-4-2/h5-8,11-14,17-20,23-26,29-32,35-37,40,44,46,50,52,73H,3-4,9-10,15-16,21-22,27-28,33-34,38-39,41-43,45,47-49,51,53-72,76H2,1-2H3,(H,79,80)/b7-5-,8-6-,13-11-,14-12-,19-17-,20-18-,25-23-,26-24-,31-29-,32-30-,36-35-,40-37-,46-44-,52-50-. The zero-order valence-corrected chi connectivity index (χ0v) is 54.7. The van der Waals surface area contributed by atoms with Gasteiger partial charge in [-0.25, -0.2) is 4.57 Å². The van der Waals surface area contributed by atoms with Crippen LogP contribution in [0.4, 0.5) is 0 Å². The summed E-state index contributed by atoms with van der Waals surface area (Å²) in [7, 11) is -4.41. The van der Waals surface area contributed by atoms with Gasteiger partial charge >= 0.3 is 19.8 Å². The van der Waals surface area contributed by atoms with E-state index in [4.69, 9.17) is 24.3 Å². The van der Waals surface area contributed by atoms with Crippen LogP contribution in [0, 0.1) is 0 Å². The van der Waals surface area contributed by atoms with Crippen LogP contribution >= 0.6 is 7.82 Å². The maximum Gasteiger partial charge on any atom is 0.472 e. The van der Waals surface area contributed by atoms with Gasteiger partial charge in [0.25, 0.3) is 0 Å². The van der Waals surface area contributed by atoms with Gasteiger partial charge in [-0.2, -0.15) is 0 Å². The van der Waals surface area contributed by atoms with Crippen LogP contribution in [-0.4, -0.2) is 49.3 Å². The molecule has 2 unspecified atom stereocenters. The summed E-state index contributed by atoms with van der Waals surface area (Å²) in [5.41, 5.74) is 5.40. The summed E-state index contributed by atoms with van der Waals surface area (Å²) in [6, 6.07) is 0. The molecule has 85 heavy (non-hydrogen) atoms. The number of rotatable bonds is 61. The largest absolute Gasteiger partial charge is 0.472 e. The number of esters is 2. The zero-order chi connectivity index (χ0) is 61.6. The normalized spacial score (nSPS) is 14.1. The molecule has 0 aromatic heterocycles. The first-order valence-electron chi connectivity index (χ1n) is 33.6. The topological polar surface area (TPSA) is 134 Å². The number of unbranched alkanes of at least 4 members (excludes halogenated alkanes) is 20. The van der Waals surface area contributed by atoms with Crippen molar-refractivity contribution in [2.45, 2.75) is 264 Å². The molecule has 0 aromatic carbocycles. The van der Waals surface area contributed by atoms with Crippen molar-refractivity contribution in [3.63, 3.8) is 0 Å². The molecule has 0 saturated heterocycles. The van der Waals surface area contributed by atoms with E-state index in [0.717, 1.165) is 148 Å². The Morgan fingerprint density at radius 1 is 0.353 bits per heavy atom. The molecule has 0 amide bonds. The summed E-state index contributed by atoms with van der Waals surface area (Å²) in [5, 5.41) is 0. The minimum atomic E-state index is -4.41. The highest BCUT2D eigenvalue weighted by molar-refractivity contribution is 7.47. The van der Waals surface area contributed by atoms with Gasteiger partial charge < -0.3 is 20.1 Å². The van der Waals surface area contributed by atoms with Crippen LogP contribution in [0.15, 0.2) is 170 Å². The summed E-state index contributed by atoms with van der Waals surface area (Å²) >= 11 is 0. The number of ether oxygens (including phenoxy) is 2. The highest BCUT2D eigenvalue weighted by atomic mass is 31.2. The summed E-state index contributed by atoms with van der Waals surface area (Å²) in [4.78, 5) is 35.3. The molecule has 0 saturated carbocycles. The molecule has 0 aliphatic heterocycles. The van der Waals surface area contributed by atoms with Crippen LogP contribution in [0.25, 0.3) is 0 Å². The predicted molar refractivity (Wildman–Crippen MR) is 366 cm³/mol. The second kappa shape index (κ2) is 68.5. The van der Waals surface area contributed by atoms with Crippen molar-refractivity contribution in [3.8, 4) is 0 Å². The number of hydrogen-bond acceptors (Lipinski definition) is 8. The molecule has 0 rings (SSSR count). The third kappa shape index (κ3) is 68.4. The van der Waals surface area contributed by atoms with Crippen molar-refractivity contribution in [2.24, 2.45) is 5.73 Å². The van der Waals surface area contributed by atoms with E-state index >= 15 is 0 Å². The van der Waals surface area contributed by atoms with Gasteiger partial charge in [0.05, 0.1) is 13.2 Å². The Morgan fingerprint density at radius 2 is 0.612 bits per heavy atom. The Kier molecular flexibility index (Phi) is 64.8. The maximum atomic E-state index is 12.8. The minimum absolute atomic E-state index is 0.0422. The van der Waals surface area contributed by atoms with Gasteiger partial charge in [-0.3, -0.25) is 18.6 Å².